The molecule has 1 nitrogen and oxygen atoms in total. The standard InChI is InChI=1S/C24H26O/c1-6-15-24(5)16-14-21-23(19(24)7-2)22-18(4)11-9-8-10-17(3)12-13-20(22)25-21/h6-16,19H,2H2,1,3-5H3/b9-8?,10-8?,11-9?,13-12?,15-6-,17-10?,17-12?,18-11?,20-13?,22-18?. The van der Waals surface area contributed by atoms with Crippen LogP contribution in [0.1, 0.15) is 42.2 Å². The van der Waals surface area contributed by atoms with Gasteiger partial charge in [0.2, 0.25) is 0 Å². The summed E-state index contributed by atoms with van der Waals surface area (Å²) in [7, 11) is 0. The fourth-order valence-corrected chi connectivity index (χ4v) is 3.75. The van der Waals surface area contributed by atoms with Gasteiger partial charge in [-0.15, -0.1) is 6.58 Å². The maximum absolute atomic E-state index is 6.25. The van der Waals surface area contributed by atoms with Crippen LogP contribution >= 0.6 is 0 Å². The van der Waals surface area contributed by atoms with Gasteiger partial charge in [0.15, 0.2) is 0 Å². The molecule has 1 aliphatic carbocycles. The first kappa shape index (κ1) is 17.3. The van der Waals surface area contributed by atoms with E-state index >= 15 is 0 Å². The minimum absolute atomic E-state index is 0.0912. The van der Waals surface area contributed by atoms with Crippen LogP contribution in [-0.2, 0) is 0 Å². The molecule has 0 saturated carbocycles. The molecule has 128 valence electrons. The number of furan rings is 1. The van der Waals surface area contributed by atoms with E-state index in [0.717, 1.165) is 11.3 Å². The highest BCUT2D eigenvalue weighted by Gasteiger charge is 2.36. The Labute approximate surface area is 150 Å². The monoisotopic (exact) mass is 330 g/mol. The van der Waals surface area contributed by atoms with Crippen LogP contribution in [0.15, 0.2) is 71.7 Å². The van der Waals surface area contributed by atoms with E-state index in [1.54, 1.807) is 0 Å². The number of rotatable bonds is 2. The third-order valence-corrected chi connectivity index (χ3v) is 5.05. The van der Waals surface area contributed by atoms with Crippen molar-refractivity contribution in [1.29, 1.82) is 0 Å². The molecule has 0 bridgehead atoms. The van der Waals surface area contributed by atoms with Gasteiger partial charge in [-0.3, -0.25) is 0 Å². The van der Waals surface area contributed by atoms with Gasteiger partial charge < -0.3 is 4.42 Å². The molecule has 2 atom stereocenters. The molecule has 0 fully saturated rings. The van der Waals surface area contributed by atoms with Gasteiger partial charge in [0.05, 0.1) is 0 Å². The summed E-state index contributed by atoms with van der Waals surface area (Å²) in [5, 5.41) is 1.19. The van der Waals surface area contributed by atoms with Crippen LogP contribution in [0.5, 0.6) is 0 Å². The van der Waals surface area contributed by atoms with Gasteiger partial charge >= 0.3 is 0 Å². The summed E-state index contributed by atoms with van der Waals surface area (Å²) in [6, 6.07) is 12.6. The highest BCUT2D eigenvalue weighted by molar-refractivity contribution is 5.89. The van der Waals surface area contributed by atoms with E-state index in [0.29, 0.717) is 0 Å². The zero-order chi connectivity index (χ0) is 18.0. The predicted molar refractivity (Wildman–Crippen MR) is 108 cm³/mol. The van der Waals surface area contributed by atoms with Gasteiger partial charge in [-0.1, -0.05) is 67.1 Å². The first-order chi connectivity index (χ1) is 12.0. The van der Waals surface area contributed by atoms with Gasteiger partial charge in [0, 0.05) is 22.3 Å². The molecule has 0 saturated heterocycles. The first-order valence-electron chi connectivity index (χ1n) is 8.83. The second-order valence-electron chi connectivity index (χ2n) is 7.01. The van der Waals surface area contributed by atoms with Crippen molar-refractivity contribution >= 4 is 17.0 Å². The van der Waals surface area contributed by atoms with Crippen LogP contribution in [0, 0.1) is 19.3 Å². The Hall–Kier alpha value is -2.54. The predicted octanol–water partition coefficient (Wildman–Crippen LogP) is 7.05. The number of allylic oxidation sites excluding steroid dienone is 4. The van der Waals surface area contributed by atoms with E-state index in [9.17, 15) is 0 Å². The highest BCUT2D eigenvalue weighted by Crippen LogP contribution is 2.48. The molecule has 2 aromatic rings. The minimum Gasteiger partial charge on any atom is -0.456 e. The molecule has 1 aliphatic rings. The normalized spacial score (nSPS) is 22.0. The van der Waals surface area contributed by atoms with Crippen LogP contribution in [0.4, 0.5) is 0 Å². The van der Waals surface area contributed by atoms with Gasteiger partial charge in [-0.05, 0) is 38.5 Å². The molecule has 1 heterocycles. The van der Waals surface area contributed by atoms with Crippen molar-refractivity contribution in [2.24, 2.45) is 5.41 Å². The Balaban J connectivity index is 2.42. The van der Waals surface area contributed by atoms with E-state index in [4.69, 9.17) is 4.42 Å². The number of fused-ring (bicyclic) bond motifs is 3. The van der Waals surface area contributed by atoms with Crippen molar-refractivity contribution in [2.75, 3.05) is 0 Å². The average Bonchev–Trinajstić information content (AvgIpc) is 2.95. The van der Waals surface area contributed by atoms with Crippen LogP contribution in [0.3, 0.4) is 0 Å². The molecular formula is C24H26O. The van der Waals surface area contributed by atoms with E-state index in [1.807, 2.05) is 0 Å². The average molecular weight is 330 g/mol. The number of aryl methyl sites for hydroxylation is 2. The van der Waals surface area contributed by atoms with Gasteiger partial charge in [-0.2, -0.15) is 0 Å². The second-order valence-corrected chi connectivity index (χ2v) is 7.01. The Kier molecular flexibility index (Phi) is 4.67. The van der Waals surface area contributed by atoms with E-state index in [-0.39, 0.29) is 11.3 Å². The van der Waals surface area contributed by atoms with Crippen molar-refractivity contribution in [1.82, 2.24) is 0 Å². The van der Waals surface area contributed by atoms with Crippen LogP contribution in [-0.4, -0.2) is 0 Å². The summed E-state index contributed by atoms with van der Waals surface area (Å²) >= 11 is 0. The molecule has 1 aromatic heterocycles. The van der Waals surface area contributed by atoms with E-state index < -0.39 is 0 Å². The summed E-state index contributed by atoms with van der Waals surface area (Å²) in [4.78, 5) is 0. The highest BCUT2D eigenvalue weighted by atomic mass is 16.3. The summed E-state index contributed by atoms with van der Waals surface area (Å²) in [5.74, 6) is 1.12. The summed E-state index contributed by atoms with van der Waals surface area (Å²) < 4.78 is 6.25. The van der Waals surface area contributed by atoms with Gasteiger partial charge in [0.1, 0.15) is 11.3 Å². The lowest BCUT2D eigenvalue weighted by Crippen LogP contribution is -2.22. The summed E-state index contributed by atoms with van der Waals surface area (Å²) in [6.07, 6.45) is 10.8. The summed E-state index contributed by atoms with van der Waals surface area (Å²) in [5.41, 5.74) is 4.47. The molecular weight excluding hydrogens is 304 g/mol. The lowest BCUT2D eigenvalue weighted by Gasteiger charge is -2.33. The van der Waals surface area contributed by atoms with E-state index in [2.05, 4.69) is 101 Å². The molecule has 25 heavy (non-hydrogen) atoms. The lowest BCUT2D eigenvalue weighted by molar-refractivity contribution is 0.473. The van der Waals surface area contributed by atoms with Crippen molar-refractivity contribution in [3.63, 3.8) is 0 Å². The smallest absolute Gasteiger partial charge is 0.135 e. The molecule has 0 aliphatic heterocycles. The minimum atomic E-state index is -0.0912. The Morgan fingerprint density at radius 2 is 1.88 bits per heavy atom. The molecule has 0 spiro atoms. The second kappa shape index (κ2) is 6.76. The van der Waals surface area contributed by atoms with Crippen molar-refractivity contribution in [3.8, 4) is 0 Å². The third kappa shape index (κ3) is 3.07. The fraction of sp³-hybridized carbons (Fsp3) is 0.250. The molecule has 0 amide bonds. The first-order valence-corrected chi connectivity index (χ1v) is 8.83. The third-order valence-electron chi connectivity index (χ3n) is 5.05. The maximum Gasteiger partial charge on any atom is 0.135 e. The topological polar surface area (TPSA) is 13.1 Å². The zero-order valence-electron chi connectivity index (χ0n) is 15.5. The Bertz CT molecular complexity index is 925. The largest absolute Gasteiger partial charge is 0.456 e. The molecule has 1 heteroatoms. The molecule has 1 aromatic carbocycles. The molecule has 2 unspecified atom stereocenters. The SMILES string of the molecule is C=CC1c2c(oc3ccc(C)ccccc(C)c23)C=CC1(C)/C=C\C. The van der Waals surface area contributed by atoms with Crippen molar-refractivity contribution in [3.05, 3.63) is 89.7 Å². The van der Waals surface area contributed by atoms with Crippen molar-refractivity contribution in [2.45, 2.75) is 33.6 Å². The zero-order valence-corrected chi connectivity index (χ0v) is 15.5. The fourth-order valence-electron chi connectivity index (χ4n) is 3.75. The molecule has 0 radical (unpaired) electrons. The van der Waals surface area contributed by atoms with Crippen molar-refractivity contribution < 1.29 is 4.42 Å². The van der Waals surface area contributed by atoms with Crippen LogP contribution in [0.25, 0.3) is 17.0 Å². The van der Waals surface area contributed by atoms with Crippen LogP contribution in [0.2, 0.25) is 0 Å². The molecule has 0 N–H and O–H groups in total. The van der Waals surface area contributed by atoms with Gasteiger partial charge in [-0.25, -0.2) is 0 Å². The Morgan fingerprint density at radius 1 is 1.12 bits per heavy atom. The van der Waals surface area contributed by atoms with E-state index in [1.165, 1.54) is 22.1 Å². The maximum atomic E-state index is 6.25. The van der Waals surface area contributed by atoms with Gasteiger partial charge in [0.25, 0.3) is 0 Å². The summed E-state index contributed by atoms with van der Waals surface area (Å²) in [6.45, 7) is 12.7. The van der Waals surface area contributed by atoms with Crippen LogP contribution < -0.4 is 0 Å². The number of hydrogen-bond acceptors (Lipinski definition) is 1. The quantitative estimate of drug-likeness (QED) is 0.537. The Morgan fingerprint density at radius 3 is 2.60 bits per heavy atom. The number of hydrogen-bond donors (Lipinski definition) is 0. The lowest BCUT2D eigenvalue weighted by atomic mass is 9.69. The molecule has 3 rings (SSSR count).